The van der Waals surface area contributed by atoms with Crippen LogP contribution in [-0.4, -0.2) is 60.0 Å². The van der Waals surface area contributed by atoms with E-state index in [4.69, 9.17) is 0 Å². The topological polar surface area (TPSA) is 164 Å². The number of aromatic amines is 2. The van der Waals surface area contributed by atoms with Crippen LogP contribution in [0.3, 0.4) is 0 Å². The van der Waals surface area contributed by atoms with Crippen LogP contribution < -0.4 is 21.3 Å². The smallest absolute Gasteiger partial charge is 0.303 e. The van der Waals surface area contributed by atoms with Crippen LogP contribution in [0.15, 0.2) is 30.5 Å². The van der Waals surface area contributed by atoms with E-state index in [1.165, 1.54) is 0 Å². The fourth-order valence-corrected chi connectivity index (χ4v) is 8.44. The van der Waals surface area contributed by atoms with Gasteiger partial charge in [-0.2, -0.15) is 0 Å². The number of thioether (sulfide) groups is 1. The predicted octanol–water partition coefficient (Wildman–Crippen LogP) is 2.44. The first-order chi connectivity index (χ1) is 20.7. The number of aliphatic carboxylic acids is 2. The Morgan fingerprint density at radius 3 is 2.23 bits per heavy atom. The van der Waals surface area contributed by atoms with Crippen molar-refractivity contribution in [3.05, 3.63) is 74.8 Å². The highest BCUT2D eigenvalue weighted by Gasteiger charge is 2.60. The SMILES string of the molecule is C=CC1C(=C)[C@@H](/C=c2\[nH]/c(=C\c3[nH]c(/C=C4\NC(=O)[C@@]5(C)S[C@H](C)[C@@H]45)c(C)c3CCC(=O)O)c(CCC(=O)O)c2C)NC1=O. The van der Waals surface area contributed by atoms with Crippen molar-refractivity contribution in [1.29, 1.82) is 0 Å². The molecule has 0 aromatic carbocycles. The van der Waals surface area contributed by atoms with E-state index in [1.807, 2.05) is 39.0 Å². The Kier molecular flexibility index (Phi) is 8.28. The summed E-state index contributed by atoms with van der Waals surface area (Å²) in [5.74, 6) is -2.44. The number of allylic oxidation sites excluding steroid dienone is 1. The summed E-state index contributed by atoms with van der Waals surface area (Å²) in [5, 5.41) is 26.6. The third-order valence-electron chi connectivity index (χ3n) is 9.15. The summed E-state index contributed by atoms with van der Waals surface area (Å²) < 4.78 is -0.490. The first kappa shape index (κ1) is 31.2. The van der Waals surface area contributed by atoms with Gasteiger partial charge in [0, 0.05) is 51.8 Å². The molecule has 2 aromatic heterocycles. The van der Waals surface area contributed by atoms with Gasteiger partial charge >= 0.3 is 11.9 Å². The molecule has 3 aliphatic heterocycles. The number of rotatable bonds is 10. The number of aromatic nitrogens is 2. The average molecular weight is 619 g/mol. The first-order valence-electron chi connectivity index (χ1n) is 14.6. The Hall–Kier alpha value is -4.25. The van der Waals surface area contributed by atoms with Crippen LogP contribution in [0.2, 0.25) is 0 Å². The Balaban J connectivity index is 1.63. The number of fused-ring (bicyclic) bond motifs is 1. The molecular formula is C33H38N4O6S. The molecule has 0 spiro atoms. The van der Waals surface area contributed by atoms with Gasteiger partial charge in [-0.3, -0.25) is 19.2 Å². The maximum absolute atomic E-state index is 12.7. The number of hydrogen-bond acceptors (Lipinski definition) is 5. The summed E-state index contributed by atoms with van der Waals surface area (Å²) in [6.07, 6.45) is 7.69. The molecule has 2 amide bonds. The highest BCUT2D eigenvalue weighted by atomic mass is 32.2. The highest BCUT2D eigenvalue weighted by Crippen LogP contribution is 2.58. The molecule has 232 valence electrons. The van der Waals surface area contributed by atoms with Crippen LogP contribution in [-0.2, 0) is 32.0 Å². The van der Waals surface area contributed by atoms with Crippen molar-refractivity contribution < 1.29 is 29.4 Å². The molecule has 3 aliphatic rings. The van der Waals surface area contributed by atoms with Gasteiger partial charge in [-0.15, -0.1) is 18.3 Å². The Morgan fingerprint density at radius 2 is 1.64 bits per heavy atom. The molecule has 6 N–H and O–H groups in total. The molecule has 1 unspecified atom stereocenters. The van der Waals surface area contributed by atoms with Gasteiger partial charge in [0.05, 0.1) is 12.0 Å². The second-order valence-corrected chi connectivity index (χ2v) is 13.8. The minimum Gasteiger partial charge on any atom is -0.481 e. The summed E-state index contributed by atoms with van der Waals surface area (Å²) >= 11 is 1.66. The number of carbonyl (C=O) groups excluding carboxylic acids is 2. The minimum absolute atomic E-state index is 0.00629. The van der Waals surface area contributed by atoms with E-state index in [-0.39, 0.29) is 48.7 Å². The van der Waals surface area contributed by atoms with Crippen LogP contribution in [0.25, 0.3) is 18.2 Å². The van der Waals surface area contributed by atoms with Crippen molar-refractivity contribution in [2.45, 2.75) is 69.4 Å². The fourth-order valence-electron chi connectivity index (χ4n) is 6.70. The van der Waals surface area contributed by atoms with Crippen molar-refractivity contribution in [2.24, 2.45) is 11.8 Å². The minimum atomic E-state index is -0.923. The Labute approximate surface area is 259 Å². The van der Waals surface area contributed by atoms with Gasteiger partial charge in [-0.1, -0.05) is 19.6 Å². The lowest BCUT2D eigenvalue weighted by molar-refractivity contribution is -0.138. The lowest BCUT2D eigenvalue weighted by atomic mass is 9.88. The van der Waals surface area contributed by atoms with E-state index in [0.717, 1.165) is 39.0 Å². The van der Waals surface area contributed by atoms with Crippen LogP contribution in [0.4, 0.5) is 0 Å². The molecule has 44 heavy (non-hydrogen) atoms. The lowest BCUT2D eigenvalue weighted by Crippen LogP contribution is -2.49. The van der Waals surface area contributed by atoms with E-state index in [2.05, 4.69) is 40.7 Å². The first-order valence-corrected chi connectivity index (χ1v) is 15.5. The number of amides is 2. The molecule has 3 fully saturated rings. The maximum Gasteiger partial charge on any atom is 0.303 e. The predicted molar refractivity (Wildman–Crippen MR) is 170 cm³/mol. The summed E-state index contributed by atoms with van der Waals surface area (Å²) in [6.45, 7) is 15.7. The third-order valence-corrected chi connectivity index (χ3v) is 10.7. The molecule has 2 aromatic rings. The third kappa shape index (κ3) is 5.45. The molecule has 0 radical (unpaired) electrons. The zero-order chi connectivity index (χ0) is 32.1. The molecule has 11 heteroatoms. The van der Waals surface area contributed by atoms with Gasteiger partial charge in [0.25, 0.3) is 0 Å². The quantitative estimate of drug-likeness (QED) is 0.223. The van der Waals surface area contributed by atoms with Crippen molar-refractivity contribution in [1.82, 2.24) is 20.6 Å². The lowest BCUT2D eigenvalue weighted by Gasteiger charge is -2.44. The Morgan fingerprint density at radius 1 is 0.977 bits per heavy atom. The van der Waals surface area contributed by atoms with E-state index in [1.54, 1.807) is 17.8 Å². The molecular weight excluding hydrogens is 580 g/mol. The van der Waals surface area contributed by atoms with Crippen molar-refractivity contribution in [3.8, 4) is 0 Å². The zero-order valence-corrected chi connectivity index (χ0v) is 26.1. The van der Waals surface area contributed by atoms with Gasteiger partial charge < -0.3 is 30.8 Å². The number of hydrogen-bond donors (Lipinski definition) is 6. The maximum atomic E-state index is 12.7. The van der Waals surface area contributed by atoms with E-state index < -0.39 is 28.6 Å². The summed E-state index contributed by atoms with van der Waals surface area (Å²) in [4.78, 5) is 55.1. The summed E-state index contributed by atoms with van der Waals surface area (Å²) in [7, 11) is 0. The molecule has 3 saturated heterocycles. The monoisotopic (exact) mass is 618 g/mol. The van der Waals surface area contributed by atoms with E-state index >= 15 is 0 Å². The Bertz CT molecular complexity index is 1760. The van der Waals surface area contributed by atoms with Crippen LogP contribution in [0.5, 0.6) is 0 Å². The van der Waals surface area contributed by atoms with Crippen LogP contribution in [0.1, 0.15) is 60.3 Å². The number of carbonyl (C=O) groups is 4. The van der Waals surface area contributed by atoms with Gasteiger partial charge in [-0.25, -0.2) is 0 Å². The fraction of sp³-hybridized carbons (Fsp3) is 0.394. The zero-order valence-electron chi connectivity index (χ0n) is 25.3. The van der Waals surface area contributed by atoms with Crippen molar-refractivity contribution >= 4 is 53.7 Å². The van der Waals surface area contributed by atoms with Gasteiger partial charge in [0.1, 0.15) is 4.75 Å². The summed E-state index contributed by atoms with van der Waals surface area (Å²) in [6, 6.07) is -0.417. The number of H-pyrrole nitrogens is 2. The second kappa shape index (κ2) is 11.7. The van der Waals surface area contributed by atoms with Crippen LogP contribution >= 0.6 is 11.8 Å². The second-order valence-electron chi connectivity index (χ2n) is 11.9. The van der Waals surface area contributed by atoms with Crippen molar-refractivity contribution in [2.75, 3.05) is 0 Å². The molecule has 0 aliphatic carbocycles. The number of carboxylic acid groups (broad SMARTS) is 2. The van der Waals surface area contributed by atoms with Crippen LogP contribution in [0, 0.1) is 25.7 Å². The highest BCUT2D eigenvalue weighted by molar-refractivity contribution is 8.03. The largest absolute Gasteiger partial charge is 0.481 e. The standard InChI is InChI=1S/C33H38N4O6S/c1-7-19-15(2)24(36-31(19)42)12-22-16(3)20(8-10-28(38)39)25(34-22)14-26-21(9-11-29(40)41)17(4)23(35-26)13-27-30-18(5)44-33(30,6)32(43)37-27/h7,12-14,18-19,24,30,34-35H,1-2,8-11H2,3-6H3,(H,36,42)(H,37,43)(H,38,39)(H,40,41)/b22-12-,25-14-,27-13-/t18-,19?,24-,30+,33+/m1/s1. The molecule has 0 saturated carbocycles. The van der Waals surface area contributed by atoms with Crippen molar-refractivity contribution in [3.63, 3.8) is 0 Å². The molecule has 5 rings (SSSR count). The number of carboxylic acids is 2. The van der Waals surface area contributed by atoms with Gasteiger partial charge in [-0.05, 0) is 79.7 Å². The normalized spacial score (nSPS) is 27.8. The van der Waals surface area contributed by atoms with Gasteiger partial charge in [0.15, 0.2) is 0 Å². The number of nitrogens with one attached hydrogen (secondary N) is 4. The van der Waals surface area contributed by atoms with E-state index in [0.29, 0.717) is 16.6 Å². The molecule has 0 bridgehead atoms. The summed E-state index contributed by atoms with van der Waals surface area (Å²) in [5.41, 5.74) is 6.38. The molecule has 5 atom stereocenters. The average Bonchev–Trinajstić information content (AvgIpc) is 3.55. The van der Waals surface area contributed by atoms with E-state index in [9.17, 15) is 29.4 Å². The van der Waals surface area contributed by atoms with Gasteiger partial charge in [0.2, 0.25) is 11.8 Å². The molecule has 5 heterocycles. The molecule has 10 nitrogen and oxygen atoms in total.